The van der Waals surface area contributed by atoms with E-state index in [0.29, 0.717) is 0 Å². The van der Waals surface area contributed by atoms with E-state index < -0.39 is 5.97 Å². The molecular formula is C14H14O2. The minimum Gasteiger partial charge on any atom is -0.458 e. The molecule has 0 bridgehead atoms. The van der Waals surface area contributed by atoms with Crippen molar-refractivity contribution in [1.29, 1.82) is 0 Å². The summed E-state index contributed by atoms with van der Waals surface area (Å²) in [5.74, 6) is -0.430. The summed E-state index contributed by atoms with van der Waals surface area (Å²) in [6.07, 6.45) is 4.73. The van der Waals surface area contributed by atoms with Crippen molar-refractivity contribution >= 4 is 12.0 Å². The number of esters is 1. The molecule has 0 N–H and O–H groups in total. The molecule has 0 unspecified atom stereocenters. The van der Waals surface area contributed by atoms with Crippen LogP contribution in [-0.4, -0.2) is 12.6 Å². The molecule has 0 aliphatic rings. The minimum atomic E-state index is -0.430. The van der Waals surface area contributed by atoms with Crippen LogP contribution in [0.1, 0.15) is 5.56 Å². The van der Waals surface area contributed by atoms with Crippen LogP contribution in [0.2, 0.25) is 0 Å². The van der Waals surface area contributed by atoms with Gasteiger partial charge in [0.15, 0.2) is 0 Å². The van der Waals surface area contributed by atoms with Gasteiger partial charge < -0.3 is 4.74 Å². The van der Waals surface area contributed by atoms with E-state index >= 15 is 0 Å². The lowest BCUT2D eigenvalue weighted by Gasteiger charge is -2.03. The van der Waals surface area contributed by atoms with Gasteiger partial charge in [0.25, 0.3) is 0 Å². The SMILES string of the molecule is C=CC(=O)OC/C(C=C)=C/c1ccccc1. The van der Waals surface area contributed by atoms with Crippen LogP contribution in [0.5, 0.6) is 0 Å². The third-order valence-electron chi connectivity index (χ3n) is 1.96. The zero-order chi connectivity index (χ0) is 11.8. The van der Waals surface area contributed by atoms with Gasteiger partial charge in [0.05, 0.1) is 0 Å². The summed E-state index contributed by atoms with van der Waals surface area (Å²) < 4.78 is 4.92. The Bertz CT molecular complexity index is 402. The molecule has 1 aromatic rings. The summed E-state index contributed by atoms with van der Waals surface area (Å²) in [6, 6.07) is 9.78. The Kier molecular flexibility index (Phi) is 4.80. The van der Waals surface area contributed by atoms with Crippen LogP contribution >= 0.6 is 0 Å². The fourth-order valence-electron chi connectivity index (χ4n) is 1.14. The lowest BCUT2D eigenvalue weighted by molar-refractivity contribution is -0.136. The second-order valence-corrected chi connectivity index (χ2v) is 3.15. The molecule has 2 nitrogen and oxygen atoms in total. The van der Waals surface area contributed by atoms with Crippen molar-refractivity contribution < 1.29 is 9.53 Å². The quantitative estimate of drug-likeness (QED) is 0.428. The molecule has 0 saturated carbocycles. The first-order chi connectivity index (χ1) is 7.76. The van der Waals surface area contributed by atoms with Crippen LogP contribution in [0.4, 0.5) is 0 Å². The smallest absolute Gasteiger partial charge is 0.330 e. The molecule has 82 valence electrons. The van der Waals surface area contributed by atoms with Gasteiger partial charge in [0.2, 0.25) is 0 Å². The fraction of sp³-hybridized carbons (Fsp3) is 0.0714. The van der Waals surface area contributed by atoms with Crippen LogP contribution in [0.15, 0.2) is 61.2 Å². The van der Waals surface area contributed by atoms with Gasteiger partial charge in [-0.15, -0.1) is 0 Å². The highest BCUT2D eigenvalue weighted by atomic mass is 16.5. The molecule has 1 rings (SSSR count). The van der Waals surface area contributed by atoms with Crippen molar-refractivity contribution in [3.8, 4) is 0 Å². The number of rotatable bonds is 5. The van der Waals surface area contributed by atoms with E-state index in [1.54, 1.807) is 6.08 Å². The van der Waals surface area contributed by atoms with E-state index in [2.05, 4.69) is 13.2 Å². The maximum absolute atomic E-state index is 10.9. The molecule has 0 atom stereocenters. The van der Waals surface area contributed by atoms with E-state index in [9.17, 15) is 4.79 Å². The minimum absolute atomic E-state index is 0.212. The Balaban J connectivity index is 2.67. The van der Waals surface area contributed by atoms with E-state index in [0.717, 1.165) is 17.2 Å². The lowest BCUT2D eigenvalue weighted by Crippen LogP contribution is -2.02. The van der Waals surface area contributed by atoms with Gasteiger partial charge in [-0.2, -0.15) is 0 Å². The van der Waals surface area contributed by atoms with Crippen LogP contribution in [-0.2, 0) is 9.53 Å². The van der Waals surface area contributed by atoms with Gasteiger partial charge in [-0.05, 0) is 17.2 Å². The van der Waals surface area contributed by atoms with Crippen molar-refractivity contribution in [2.75, 3.05) is 6.61 Å². The molecule has 0 fully saturated rings. The monoisotopic (exact) mass is 214 g/mol. The summed E-state index contributed by atoms with van der Waals surface area (Å²) in [5.41, 5.74) is 1.90. The maximum Gasteiger partial charge on any atom is 0.330 e. The van der Waals surface area contributed by atoms with Gasteiger partial charge in [-0.25, -0.2) is 4.79 Å². The fourth-order valence-corrected chi connectivity index (χ4v) is 1.14. The lowest BCUT2D eigenvalue weighted by atomic mass is 10.1. The highest BCUT2D eigenvalue weighted by Crippen LogP contribution is 2.07. The molecule has 16 heavy (non-hydrogen) atoms. The van der Waals surface area contributed by atoms with Gasteiger partial charge in [0.1, 0.15) is 6.61 Å². The first-order valence-corrected chi connectivity index (χ1v) is 4.93. The molecule has 0 amide bonds. The van der Waals surface area contributed by atoms with E-state index in [-0.39, 0.29) is 6.61 Å². The van der Waals surface area contributed by atoms with E-state index in [1.165, 1.54) is 0 Å². The van der Waals surface area contributed by atoms with Crippen molar-refractivity contribution in [1.82, 2.24) is 0 Å². The summed E-state index contributed by atoms with van der Waals surface area (Å²) >= 11 is 0. The van der Waals surface area contributed by atoms with Crippen LogP contribution < -0.4 is 0 Å². The average molecular weight is 214 g/mol. The molecule has 0 saturated heterocycles. The zero-order valence-electron chi connectivity index (χ0n) is 9.06. The molecule has 2 heteroatoms. The number of benzene rings is 1. The van der Waals surface area contributed by atoms with Gasteiger partial charge in [0, 0.05) is 6.08 Å². The average Bonchev–Trinajstić information content (AvgIpc) is 2.35. The third kappa shape index (κ3) is 3.96. The zero-order valence-corrected chi connectivity index (χ0v) is 9.06. The highest BCUT2D eigenvalue weighted by molar-refractivity contribution is 5.81. The second kappa shape index (κ2) is 6.40. The van der Waals surface area contributed by atoms with Crippen LogP contribution in [0.25, 0.3) is 6.08 Å². The Morgan fingerprint density at radius 2 is 1.88 bits per heavy atom. The van der Waals surface area contributed by atoms with E-state index in [4.69, 9.17) is 4.74 Å². The van der Waals surface area contributed by atoms with Crippen LogP contribution in [0, 0.1) is 0 Å². The predicted molar refractivity (Wildman–Crippen MR) is 65.8 cm³/mol. The number of hydrogen-bond acceptors (Lipinski definition) is 2. The van der Waals surface area contributed by atoms with Gasteiger partial charge >= 0.3 is 5.97 Å². The first kappa shape index (κ1) is 12.0. The maximum atomic E-state index is 10.9. The number of carbonyl (C=O) groups excluding carboxylic acids is 1. The summed E-state index contributed by atoms with van der Waals surface area (Å²) in [5, 5.41) is 0. The van der Waals surface area contributed by atoms with Crippen molar-refractivity contribution in [2.24, 2.45) is 0 Å². The number of hydrogen-bond donors (Lipinski definition) is 0. The molecule has 0 aliphatic heterocycles. The molecule has 0 aliphatic carbocycles. The summed E-state index contributed by atoms with van der Waals surface area (Å²) in [6.45, 7) is 7.22. The standard InChI is InChI=1S/C14H14O2/c1-3-12(11-16-14(15)4-2)10-13-8-6-5-7-9-13/h3-10H,1-2,11H2/b12-10+. The van der Waals surface area contributed by atoms with Crippen molar-refractivity contribution in [2.45, 2.75) is 0 Å². The topological polar surface area (TPSA) is 26.3 Å². The van der Waals surface area contributed by atoms with Crippen LogP contribution in [0.3, 0.4) is 0 Å². The Morgan fingerprint density at radius 3 is 2.44 bits per heavy atom. The summed E-state index contributed by atoms with van der Waals surface area (Å²) in [4.78, 5) is 10.9. The number of ether oxygens (including phenoxy) is 1. The Hall–Kier alpha value is -2.09. The van der Waals surface area contributed by atoms with Crippen molar-refractivity contribution in [3.63, 3.8) is 0 Å². The van der Waals surface area contributed by atoms with E-state index in [1.807, 2.05) is 36.4 Å². The molecule has 0 heterocycles. The molecule has 0 aromatic heterocycles. The third-order valence-corrected chi connectivity index (χ3v) is 1.96. The highest BCUT2D eigenvalue weighted by Gasteiger charge is 1.98. The Morgan fingerprint density at radius 1 is 1.19 bits per heavy atom. The summed E-state index contributed by atoms with van der Waals surface area (Å²) in [7, 11) is 0. The Labute approximate surface area is 95.6 Å². The largest absolute Gasteiger partial charge is 0.458 e. The normalized spacial score (nSPS) is 10.6. The second-order valence-electron chi connectivity index (χ2n) is 3.15. The number of carbonyl (C=O) groups is 1. The molecule has 1 aromatic carbocycles. The molecular weight excluding hydrogens is 200 g/mol. The predicted octanol–water partition coefficient (Wildman–Crippen LogP) is 2.99. The first-order valence-electron chi connectivity index (χ1n) is 4.93. The van der Waals surface area contributed by atoms with Gasteiger partial charge in [-0.1, -0.05) is 49.6 Å². The molecule has 0 spiro atoms. The van der Waals surface area contributed by atoms with Gasteiger partial charge in [-0.3, -0.25) is 0 Å². The van der Waals surface area contributed by atoms with Crippen molar-refractivity contribution in [3.05, 3.63) is 66.8 Å². The molecule has 0 radical (unpaired) electrons.